The zero-order valence-electron chi connectivity index (χ0n) is 32.4. The summed E-state index contributed by atoms with van der Waals surface area (Å²) in [5.41, 5.74) is 3.96. The van der Waals surface area contributed by atoms with E-state index in [1.54, 1.807) is 58.3 Å². The van der Waals surface area contributed by atoms with Crippen molar-refractivity contribution in [3.8, 4) is 22.6 Å². The number of benzene rings is 2. The molecule has 6 heterocycles. The molecule has 0 radical (unpaired) electrons. The summed E-state index contributed by atoms with van der Waals surface area (Å²) in [6.45, 7) is 1.04. The molecular formula is C44H34N4O9S4. The molecule has 2 aliphatic heterocycles. The summed E-state index contributed by atoms with van der Waals surface area (Å²) in [5, 5.41) is 0. The lowest BCUT2D eigenvalue weighted by atomic mass is 10.2. The van der Waals surface area contributed by atoms with E-state index in [4.69, 9.17) is 33.3 Å². The molecule has 0 unspecified atom stereocenters. The van der Waals surface area contributed by atoms with Crippen molar-refractivity contribution in [1.29, 1.82) is 0 Å². The first-order valence-electron chi connectivity index (χ1n) is 18.1. The van der Waals surface area contributed by atoms with Gasteiger partial charge in [0.1, 0.15) is 37.3 Å². The predicted octanol–water partition coefficient (Wildman–Crippen LogP) is 8.52. The van der Waals surface area contributed by atoms with E-state index >= 15 is 0 Å². The maximum atomic E-state index is 12.8. The van der Waals surface area contributed by atoms with Gasteiger partial charge in [-0.2, -0.15) is 0 Å². The lowest BCUT2D eigenvalue weighted by Crippen LogP contribution is -2.27. The number of hydrogen-bond acceptors (Lipinski definition) is 15. The van der Waals surface area contributed by atoms with Crippen molar-refractivity contribution >= 4 is 92.7 Å². The van der Waals surface area contributed by atoms with Gasteiger partial charge >= 0.3 is 11.9 Å². The fourth-order valence-electron chi connectivity index (χ4n) is 5.52. The Hall–Kier alpha value is -6.53. The molecule has 6 aromatic rings. The number of furan rings is 2. The molecule has 0 aliphatic carbocycles. The maximum absolute atomic E-state index is 12.8. The van der Waals surface area contributed by atoms with Crippen molar-refractivity contribution in [2.45, 2.75) is 13.1 Å². The molecule has 2 fully saturated rings. The molecule has 2 aliphatic rings. The van der Waals surface area contributed by atoms with Gasteiger partial charge in [0.2, 0.25) is 5.91 Å². The van der Waals surface area contributed by atoms with Gasteiger partial charge in [-0.3, -0.25) is 24.2 Å². The average molecular weight is 891 g/mol. The van der Waals surface area contributed by atoms with Gasteiger partial charge in [0.15, 0.2) is 12.0 Å². The van der Waals surface area contributed by atoms with Gasteiger partial charge < -0.3 is 18.3 Å². The Morgan fingerprint density at radius 3 is 1.64 bits per heavy atom. The number of esters is 2. The summed E-state index contributed by atoms with van der Waals surface area (Å²) in [6.07, 6.45) is 5.33. The van der Waals surface area contributed by atoms with E-state index in [1.165, 1.54) is 56.2 Å². The van der Waals surface area contributed by atoms with Crippen LogP contribution in [0.25, 0.3) is 28.7 Å². The van der Waals surface area contributed by atoms with Crippen molar-refractivity contribution in [2.75, 3.05) is 20.0 Å². The Kier molecular flexibility index (Phi) is 15.3. The second kappa shape index (κ2) is 21.1. The number of hydrogen-bond donors (Lipinski definition) is 0. The molecular weight excluding hydrogens is 857 g/mol. The second-order valence-electron chi connectivity index (χ2n) is 12.6. The molecule has 4 aromatic heterocycles. The van der Waals surface area contributed by atoms with Crippen molar-refractivity contribution < 1.29 is 42.3 Å². The average Bonchev–Trinajstić information content (AvgIpc) is 4.10. The Balaban J connectivity index is 0.000000169. The molecule has 0 bridgehead atoms. The first kappa shape index (κ1) is 44.0. The highest BCUT2D eigenvalue weighted by Gasteiger charge is 2.32. The van der Waals surface area contributed by atoms with Crippen molar-refractivity contribution in [3.63, 3.8) is 0 Å². The van der Waals surface area contributed by atoms with Crippen LogP contribution in [-0.2, 0) is 32.2 Å². The molecule has 61 heavy (non-hydrogen) atoms. The number of aldehydes is 1. The Bertz CT molecular complexity index is 2560. The first-order valence-corrected chi connectivity index (χ1v) is 20.7. The van der Waals surface area contributed by atoms with Gasteiger partial charge in [-0.15, -0.1) is 0 Å². The van der Waals surface area contributed by atoms with Crippen molar-refractivity contribution in [2.24, 2.45) is 0 Å². The molecule has 0 spiro atoms. The van der Waals surface area contributed by atoms with E-state index in [0.29, 0.717) is 67.1 Å². The molecule has 2 amide bonds. The highest BCUT2D eigenvalue weighted by Crippen LogP contribution is 2.34. The van der Waals surface area contributed by atoms with E-state index < -0.39 is 11.9 Å². The molecule has 17 heteroatoms. The second-order valence-corrected chi connectivity index (χ2v) is 15.9. The van der Waals surface area contributed by atoms with Crippen LogP contribution in [-0.4, -0.2) is 78.4 Å². The minimum absolute atomic E-state index is 0.115. The number of amides is 2. The third-order valence-corrected chi connectivity index (χ3v) is 11.4. The third-order valence-electron chi connectivity index (χ3n) is 8.61. The van der Waals surface area contributed by atoms with Crippen molar-refractivity contribution in [3.05, 3.63) is 161 Å². The summed E-state index contributed by atoms with van der Waals surface area (Å²) >= 11 is 13.2. The van der Waals surface area contributed by atoms with E-state index in [2.05, 4.69) is 19.4 Å². The van der Waals surface area contributed by atoms with Crippen LogP contribution in [0.15, 0.2) is 135 Å². The minimum atomic E-state index is -0.501. The molecule has 2 saturated heterocycles. The molecule has 13 nitrogen and oxygen atoms in total. The molecule has 0 saturated carbocycles. The standard InChI is InChI=1S/C22H16N2O4S2.C12H9NO4.C10H9NOS2/c1-27-21(26)17-9-7-15(12-23-17)18-10-8-16(28-18)11-19-20(25)24(22(29)30-19)13-14-5-3-2-4-6-14;1-16-12(15)10-4-2-8(6-13-10)11-5-3-9(7-14)17-11;12-9-7-14-10(13)11(9)6-8-4-2-1-3-5-8/h2-12H,13H2,1H3;2-7H,1H3;1-5H,6-7H2/b19-11-;;. The van der Waals surface area contributed by atoms with Crippen LogP contribution in [0.4, 0.5) is 0 Å². The van der Waals surface area contributed by atoms with Crippen LogP contribution < -0.4 is 0 Å². The first-order chi connectivity index (χ1) is 29.6. The number of rotatable bonds is 10. The van der Waals surface area contributed by atoms with Crippen molar-refractivity contribution in [1.82, 2.24) is 19.8 Å². The summed E-state index contributed by atoms with van der Waals surface area (Å²) in [7, 11) is 2.60. The van der Waals surface area contributed by atoms with Gasteiger partial charge in [0, 0.05) is 29.6 Å². The van der Waals surface area contributed by atoms with E-state index in [1.807, 2.05) is 60.7 Å². The molecule has 0 atom stereocenters. The van der Waals surface area contributed by atoms with Gasteiger partial charge in [-0.1, -0.05) is 109 Å². The topological polar surface area (TPSA) is 162 Å². The molecule has 308 valence electrons. The lowest BCUT2D eigenvalue weighted by molar-refractivity contribution is -0.124. The maximum Gasteiger partial charge on any atom is 0.356 e. The largest absolute Gasteiger partial charge is 0.464 e. The summed E-state index contributed by atoms with van der Waals surface area (Å²) in [4.78, 5) is 69.1. The SMILES string of the molecule is COC(=O)c1ccc(-c2ccc(/C=C3\SC(=S)N(Cc4ccccc4)C3=O)o2)cn1.COC(=O)c1ccc(-c2ccc(C=O)o2)cn1.O=C1CSC(=S)N1Cc1ccccc1. The van der Waals surface area contributed by atoms with E-state index in [0.717, 1.165) is 11.1 Å². The number of nitrogens with zero attached hydrogens (tertiary/aromatic N) is 4. The number of carbonyl (C=O) groups excluding carboxylic acids is 5. The number of carbonyl (C=O) groups is 5. The number of methoxy groups -OCH3 is 2. The minimum Gasteiger partial charge on any atom is -0.464 e. The van der Waals surface area contributed by atoms with Crippen LogP contribution in [0, 0.1) is 0 Å². The lowest BCUT2D eigenvalue weighted by Gasteiger charge is -2.14. The smallest absolute Gasteiger partial charge is 0.356 e. The zero-order chi connectivity index (χ0) is 43.3. The highest BCUT2D eigenvalue weighted by molar-refractivity contribution is 8.26. The summed E-state index contributed by atoms with van der Waals surface area (Å²) < 4.78 is 21.4. The van der Waals surface area contributed by atoms with Crippen LogP contribution in [0.3, 0.4) is 0 Å². The van der Waals surface area contributed by atoms with Gasteiger partial charge in [0.05, 0.1) is 38.0 Å². The van der Waals surface area contributed by atoms with Crippen LogP contribution in [0.2, 0.25) is 0 Å². The summed E-state index contributed by atoms with van der Waals surface area (Å²) in [5.74, 6) is 1.34. The predicted molar refractivity (Wildman–Crippen MR) is 239 cm³/mol. The van der Waals surface area contributed by atoms with Gasteiger partial charge in [0.25, 0.3) is 5.91 Å². The molecule has 2 aromatic carbocycles. The Labute approximate surface area is 369 Å². The monoisotopic (exact) mass is 890 g/mol. The Morgan fingerprint density at radius 1 is 0.689 bits per heavy atom. The highest BCUT2D eigenvalue weighted by atomic mass is 32.2. The van der Waals surface area contributed by atoms with Crippen LogP contribution >= 0.6 is 48.0 Å². The molecule has 8 rings (SSSR count). The zero-order valence-corrected chi connectivity index (χ0v) is 35.7. The number of pyridine rings is 2. The summed E-state index contributed by atoms with van der Waals surface area (Å²) in [6, 6.07) is 32.9. The fraction of sp³-hybridized carbons (Fsp3) is 0.114. The number of ether oxygens (including phenoxy) is 2. The Morgan fingerprint density at radius 2 is 1.20 bits per heavy atom. The van der Waals surface area contributed by atoms with Gasteiger partial charge in [-0.05, 0) is 59.7 Å². The van der Waals surface area contributed by atoms with E-state index in [-0.39, 0.29) is 29.0 Å². The third kappa shape index (κ3) is 11.6. The van der Waals surface area contributed by atoms with Gasteiger partial charge in [-0.25, -0.2) is 19.6 Å². The fourth-order valence-corrected chi connectivity index (χ4v) is 7.82. The van der Waals surface area contributed by atoms with Crippen LogP contribution in [0.5, 0.6) is 0 Å². The number of thioether (sulfide) groups is 2. The number of thiocarbonyl (C=S) groups is 2. The molecule has 0 N–H and O–H groups in total. The number of aromatic nitrogens is 2. The van der Waals surface area contributed by atoms with Crippen LogP contribution in [0.1, 0.15) is 48.4 Å². The normalized spacial score (nSPS) is 14.0. The van der Waals surface area contributed by atoms with E-state index in [9.17, 15) is 24.0 Å². The quantitative estimate of drug-likeness (QED) is 0.0556.